The molecular formula is C15H25ClN2O2. The molecule has 114 valence electrons. The molecule has 1 aromatic carbocycles. The molecule has 0 radical (unpaired) electrons. The first-order valence-corrected chi connectivity index (χ1v) is 6.84. The fourth-order valence-corrected chi connectivity index (χ4v) is 1.56. The van der Waals surface area contributed by atoms with Crippen LogP contribution in [0.5, 0.6) is 5.75 Å². The van der Waals surface area contributed by atoms with Gasteiger partial charge in [-0.3, -0.25) is 4.79 Å². The number of nitrogens with one attached hydrogen (secondary N) is 1. The van der Waals surface area contributed by atoms with Crippen molar-refractivity contribution in [1.82, 2.24) is 5.32 Å². The fourth-order valence-electron chi connectivity index (χ4n) is 1.56. The van der Waals surface area contributed by atoms with Gasteiger partial charge in [0.05, 0.1) is 6.61 Å². The lowest BCUT2D eigenvalue weighted by Crippen LogP contribution is -2.24. The van der Waals surface area contributed by atoms with Crippen LogP contribution in [0.15, 0.2) is 24.3 Å². The predicted octanol–water partition coefficient (Wildman–Crippen LogP) is 2.61. The molecule has 0 heterocycles. The molecule has 0 aromatic heterocycles. The maximum Gasteiger partial charge on any atom is 0.251 e. The smallest absolute Gasteiger partial charge is 0.251 e. The van der Waals surface area contributed by atoms with E-state index in [1.165, 1.54) is 0 Å². The first-order valence-electron chi connectivity index (χ1n) is 6.84. The summed E-state index contributed by atoms with van der Waals surface area (Å²) in [5, 5.41) is 2.88. The van der Waals surface area contributed by atoms with Gasteiger partial charge in [0.15, 0.2) is 0 Å². The van der Waals surface area contributed by atoms with E-state index in [1.54, 1.807) is 12.1 Å². The normalized spacial score (nSPS) is 10.0. The number of carbonyl (C=O) groups is 1. The zero-order chi connectivity index (χ0) is 14.1. The third-order valence-electron chi connectivity index (χ3n) is 2.60. The summed E-state index contributed by atoms with van der Waals surface area (Å²) in [5.74, 6) is 1.14. The summed E-state index contributed by atoms with van der Waals surface area (Å²) < 4.78 is 5.60. The standard InChI is InChI=1S/C15H24N2O2.ClH/c1-12(2)11-19-14-7-5-6-13(10-14)15(18)17-9-4-3-8-16;/h5-7,10,12H,3-4,8-9,11,16H2,1-2H3,(H,17,18);1H. The Balaban J connectivity index is 0.00000361. The monoisotopic (exact) mass is 300 g/mol. The van der Waals surface area contributed by atoms with Crippen molar-refractivity contribution in [2.24, 2.45) is 11.7 Å². The lowest BCUT2D eigenvalue weighted by atomic mass is 10.2. The Bertz CT molecular complexity index is 397. The van der Waals surface area contributed by atoms with E-state index in [9.17, 15) is 4.79 Å². The molecule has 4 nitrogen and oxygen atoms in total. The van der Waals surface area contributed by atoms with Crippen molar-refractivity contribution in [1.29, 1.82) is 0 Å². The highest BCUT2D eigenvalue weighted by Gasteiger charge is 2.06. The van der Waals surface area contributed by atoms with Crippen molar-refractivity contribution in [3.8, 4) is 5.75 Å². The third kappa shape index (κ3) is 7.36. The van der Waals surface area contributed by atoms with E-state index in [1.807, 2.05) is 12.1 Å². The van der Waals surface area contributed by atoms with Crippen molar-refractivity contribution in [2.45, 2.75) is 26.7 Å². The van der Waals surface area contributed by atoms with E-state index in [0.717, 1.165) is 18.6 Å². The summed E-state index contributed by atoms with van der Waals surface area (Å²) in [6.07, 6.45) is 1.84. The van der Waals surface area contributed by atoms with Crippen molar-refractivity contribution in [3.05, 3.63) is 29.8 Å². The van der Waals surface area contributed by atoms with E-state index in [4.69, 9.17) is 10.5 Å². The molecule has 0 fully saturated rings. The minimum absolute atomic E-state index is 0. The van der Waals surface area contributed by atoms with Crippen molar-refractivity contribution >= 4 is 18.3 Å². The molecule has 0 spiro atoms. The van der Waals surface area contributed by atoms with Crippen molar-refractivity contribution in [2.75, 3.05) is 19.7 Å². The highest BCUT2D eigenvalue weighted by molar-refractivity contribution is 5.94. The second-order valence-electron chi connectivity index (χ2n) is 4.98. The van der Waals surface area contributed by atoms with Gasteiger partial charge in [-0.2, -0.15) is 0 Å². The molecule has 5 heteroatoms. The van der Waals surface area contributed by atoms with Crippen LogP contribution < -0.4 is 15.8 Å². The number of unbranched alkanes of at least 4 members (excludes halogenated alkanes) is 1. The van der Waals surface area contributed by atoms with Crippen LogP contribution in [0.3, 0.4) is 0 Å². The van der Waals surface area contributed by atoms with E-state index in [-0.39, 0.29) is 18.3 Å². The Hall–Kier alpha value is -1.26. The first kappa shape index (κ1) is 18.7. The quantitative estimate of drug-likeness (QED) is 0.725. The van der Waals surface area contributed by atoms with Crippen LogP contribution in [0.4, 0.5) is 0 Å². The van der Waals surface area contributed by atoms with Gasteiger partial charge in [0, 0.05) is 12.1 Å². The van der Waals surface area contributed by atoms with Gasteiger partial charge in [0.2, 0.25) is 0 Å². The molecule has 1 amide bonds. The average molecular weight is 301 g/mol. The van der Waals surface area contributed by atoms with Crippen molar-refractivity contribution < 1.29 is 9.53 Å². The molecule has 0 bridgehead atoms. The zero-order valence-electron chi connectivity index (χ0n) is 12.2. The highest BCUT2D eigenvalue weighted by atomic mass is 35.5. The molecule has 0 saturated heterocycles. The number of benzene rings is 1. The Morgan fingerprint density at radius 2 is 2.10 bits per heavy atom. The van der Waals surface area contributed by atoms with Crippen molar-refractivity contribution in [3.63, 3.8) is 0 Å². The van der Waals surface area contributed by atoms with Crippen LogP contribution in [-0.2, 0) is 0 Å². The molecular weight excluding hydrogens is 276 g/mol. The second-order valence-corrected chi connectivity index (χ2v) is 4.98. The number of hydrogen-bond acceptors (Lipinski definition) is 3. The molecule has 0 saturated carbocycles. The Morgan fingerprint density at radius 3 is 2.75 bits per heavy atom. The van der Waals surface area contributed by atoms with E-state index in [0.29, 0.717) is 31.2 Å². The topological polar surface area (TPSA) is 64.3 Å². The Morgan fingerprint density at radius 1 is 1.35 bits per heavy atom. The summed E-state index contributed by atoms with van der Waals surface area (Å²) in [6.45, 7) is 6.16. The summed E-state index contributed by atoms with van der Waals surface area (Å²) >= 11 is 0. The second kappa shape index (κ2) is 10.5. The van der Waals surface area contributed by atoms with E-state index < -0.39 is 0 Å². The van der Waals surface area contributed by atoms with Gasteiger partial charge in [0.25, 0.3) is 5.91 Å². The molecule has 1 rings (SSSR count). The predicted molar refractivity (Wildman–Crippen MR) is 84.6 cm³/mol. The largest absolute Gasteiger partial charge is 0.493 e. The van der Waals surface area contributed by atoms with Gasteiger partial charge in [0.1, 0.15) is 5.75 Å². The van der Waals surface area contributed by atoms with Crippen LogP contribution in [0.1, 0.15) is 37.0 Å². The summed E-state index contributed by atoms with van der Waals surface area (Å²) in [6, 6.07) is 7.28. The van der Waals surface area contributed by atoms with Crippen LogP contribution in [-0.4, -0.2) is 25.6 Å². The minimum Gasteiger partial charge on any atom is -0.493 e. The lowest BCUT2D eigenvalue weighted by molar-refractivity contribution is 0.0952. The molecule has 0 aliphatic carbocycles. The number of hydrogen-bond donors (Lipinski definition) is 2. The van der Waals surface area contributed by atoms with Gasteiger partial charge >= 0.3 is 0 Å². The molecule has 20 heavy (non-hydrogen) atoms. The molecule has 0 aliphatic rings. The Labute approximate surface area is 127 Å². The average Bonchev–Trinajstić information content (AvgIpc) is 2.41. The first-order chi connectivity index (χ1) is 9.13. The molecule has 0 atom stereocenters. The molecule has 0 aliphatic heterocycles. The lowest BCUT2D eigenvalue weighted by Gasteiger charge is -2.10. The summed E-state index contributed by atoms with van der Waals surface area (Å²) in [5.41, 5.74) is 6.04. The fraction of sp³-hybridized carbons (Fsp3) is 0.533. The molecule has 0 unspecified atom stereocenters. The van der Waals surface area contributed by atoms with Crippen LogP contribution >= 0.6 is 12.4 Å². The van der Waals surface area contributed by atoms with E-state index >= 15 is 0 Å². The van der Waals surface area contributed by atoms with Gasteiger partial charge in [-0.25, -0.2) is 0 Å². The minimum atomic E-state index is -0.0629. The van der Waals surface area contributed by atoms with Crippen LogP contribution in [0.25, 0.3) is 0 Å². The molecule has 3 N–H and O–H groups in total. The van der Waals surface area contributed by atoms with Gasteiger partial charge in [-0.05, 0) is 43.5 Å². The van der Waals surface area contributed by atoms with Gasteiger partial charge < -0.3 is 15.8 Å². The summed E-state index contributed by atoms with van der Waals surface area (Å²) in [4.78, 5) is 11.9. The number of nitrogens with two attached hydrogens (primary N) is 1. The maximum atomic E-state index is 11.9. The van der Waals surface area contributed by atoms with Gasteiger partial charge in [-0.1, -0.05) is 19.9 Å². The number of ether oxygens (including phenoxy) is 1. The summed E-state index contributed by atoms with van der Waals surface area (Å²) in [7, 11) is 0. The van der Waals surface area contributed by atoms with Gasteiger partial charge in [-0.15, -0.1) is 12.4 Å². The number of carbonyl (C=O) groups excluding carboxylic acids is 1. The number of halogens is 1. The van der Waals surface area contributed by atoms with Crippen LogP contribution in [0, 0.1) is 5.92 Å². The zero-order valence-corrected chi connectivity index (χ0v) is 13.0. The highest BCUT2D eigenvalue weighted by Crippen LogP contribution is 2.14. The third-order valence-corrected chi connectivity index (χ3v) is 2.60. The maximum absolute atomic E-state index is 11.9. The van der Waals surface area contributed by atoms with E-state index in [2.05, 4.69) is 19.2 Å². The Kier molecular flexibility index (Phi) is 9.86. The molecule has 1 aromatic rings. The SMILES string of the molecule is CC(C)COc1cccc(C(=O)NCCCCN)c1.Cl. The number of rotatable bonds is 8. The van der Waals surface area contributed by atoms with Crippen LogP contribution in [0.2, 0.25) is 0 Å². The number of amides is 1.